The highest BCUT2D eigenvalue weighted by Gasteiger charge is 2.04. The number of imidazole rings is 1. The van der Waals surface area contributed by atoms with Crippen LogP contribution in [0.5, 0.6) is 5.75 Å². The molecule has 1 aromatic carbocycles. The first-order valence-electron chi connectivity index (χ1n) is 5.78. The summed E-state index contributed by atoms with van der Waals surface area (Å²) in [5.41, 5.74) is 1.01. The van der Waals surface area contributed by atoms with Crippen molar-refractivity contribution in [2.75, 3.05) is 19.8 Å². The highest BCUT2D eigenvalue weighted by Crippen LogP contribution is 2.25. The van der Waals surface area contributed by atoms with E-state index in [2.05, 4.69) is 17.2 Å². The van der Waals surface area contributed by atoms with Crippen LogP contribution in [0.4, 0.5) is 0 Å². The Bertz CT molecular complexity index is 432. The maximum absolute atomic E-state index is 5.58. The second kappa shape index (κ2) is 8.60. The summed E-state index contributed by atoms with van der Waals surface area (Å²) in [6.45, 7) is 2.06. The average molecular weight is 265 g/mol. The van der Waals surface area contributed by atoms with Gasteiger partial charge in [-0.15, -0.1) is 0 Å². The molecule has 98 valence electrons. The molecule has 0 fully saturated rings. The quantitative estimate of drug-likeness (QED) is 0.863. The van der Waals surface area contributed by atoms with E-state index in [1.807, 2.05) is 49.1 Å². The molecule has 1 aromatic heterocycles. The van der Waals surface area contributed by atoms with E-state index in [9.17, 15) is 0 Å². The van der Waals surface area contributed by atoms with Gasteiger partial charge in [-0.25, -0.2) is 4.98 Å². The number of hydrogen-bond donors (Lipinski definition) is 1. The van der Waals surface area contributed by atoms with Gasteiger partial charge in [0, 0.05) is 18.1 Å². The maximum Gasteiger partial charge on any atom is 0.161 e. The lowest BCUT2D eigenvalue weighted by atomic mass is 10.3. The molecule has 0 aliphatic rings. The highest BCUT2D eigenvalue weighted by atomic mass is 32.2. The van der Waals surface area contributed by atoms with Crippen molar-refractivity contribution < 1.29 is 4.18 Å². The van der Waals surface area contributed by atoms with Gasteiger partial charge in [0.25, 0.3) is 0 Å². The molecule has 0 atom stereocenters. The van der Waals surface area contributed by atoms with Crippen LogP contribution in [0, 0.1) is 0 Å². The minimum atomic E-state index is 0.863. The Hall–Kier alpha value is -1.46. The molecule has 0 amide bonds. The molecule has 0 aliphatic heterocycles. The van der Waals surface area contributed by atoms with Gasteiger partial charge in [0.1, 0.15) is 0 Å². The number of nitrogens with zero attached hydrogens (tertiary/aromatic N) is 2. The summed E-state index contributed by atoms with van der Waals surface area (Å²) in [5.74, 6) is 1.79. The monoisotopic (exact) mass is 265 g/mol. The predicted octanol–water partition coefficient (Wildman–Crippen LogP) is 2.75. The zero-order valence-electron chi connectivity index (χ0n) is 11.0. The van der Waals surface area contributed by atoms with E-state index in [4.69, 9.17) is 4.18 Å². The van der Waals surface area contributed by atoms with Crippen LogP contribution in [-0.4, -0.2) is 29.4 Å². The molecule has 5 heteroatoms. The summed E-state index contributed by atoms with van der Waals surface area (Å²) in [7, 11) is 3.75. The molecule has 0 bridgehead atoms. The molecule has 1 N–H and O–H groups in total. The Morgan fingerprint density at radius 3 is 2.67 bits per heavy atom. The fraction of sp³-hybridized carbons (Fsp3) is 0.308. The summed E-state index contributed by atoms with van der Waals surface area (Å²) in [6.07, 6.45) is 5.42. The van der Waals surface area contributed by atoms with Crippen LogP contribution in [0.15, 0.2) is 43.0 Å². The van der Waals surface area contributed by atoms with E-state index in [1.165, 1.54) is 12.0 Å². The number of para-hydroxylation sites is 2. The van der Waals surface area contributed by atoms with Gasteiger partial charge < -0.3 is 14.1 Å². The Morgan fingerprint density at radius 2 is 2.06 bits per heavy atom. The van der Waals surface area contributed by atoms with Crippen molar-refractivity contribution in [3.63, 3.8) is 0 Å². The molecule has 0 saturated carbocycles. The normalized spacial score (nSPS) is 9.50. The summed E-state index contributed by atoms with van der Waals surface area (Å²) < 4.78 is 7.51. The van der Waals surface area contributed by atoms with Crippen molar-refractivity contribution in [1.29, 1.82) is 0 Å². The fourth-order valence-electron chi connectivity index (χ4n) is 1.26. The summed E-state index contributed by atoms with van der Waals surface area (Å²) >= 11 is 1.44. The van der Waals surface area contributed by atoms with E-state index in [-0.39, 0.29) is 0 Å². The van der Waals surface area contributed by atoms with Crippen LogP contribution in [-0.2, 0) is 0 Å². The van der Waals surface area contributed by atoms with Crippen molar-refractivity contribution in [3.8, 4) is 11.4 Å². The number of benzene rings is 1. The molecule has 2 aromatic rings. The third-order valence-electron chi connectivity index (χ3n) is 1.91. The van der Waals surface area contributed by atoms with Crippen molar-refractivity contribution >= 4 is 12.0 Å². The molecule has 1 heterocycles. The van der Waals surface area contributed by atoms with Crippen LogP contribution in [0.25, 0.3) is 5.69 Å². The topological polar surface area (TPSA) is 39.1 Å². The fourth-order valence-corrected chi connectivity index (χ4v) is 1.65. The zero-order valence-corrected chi connectivity index (χ0v) is 11.8. The van der Waals surface area contributed by atoms with Gasteiger partial charge >= 0.3 is 0 Å². The Balaban J connectivity index is 0.000000492. The lowest BCUT2D eigenvalue weighted by Crippen LogP contribution is -1.94. The maximum atomic E-state index is 5.58. The van der Waals surface area contributed by atoms with Crippen molar-refractivity contribution in [3.05, 3.63) is 43.0 Å². The Morgan fingerprint density at radius 1 is 1.33 bits per heavy atom. The Labute approximate surface area is 113 Å². The smallest absolute Gasteiger partial charge is 0.161 e. The largest absolute Gasteiger partial charge is 0.424 e. The van der Waals surface area contributed by atoms with Gasteiger partial charge in [-0.2, -0.15) is 0 Å². The second-order valence-corrected chi connectivity index (χ2v) is 4.41. The second-order valence-electron chi connectivity index (χ2n) is 3.43. The first-order chi connectivity index (χ1) is 8.83. The van der Waals surface area contributed by atoms with Crippen molar-refractivity contribution in [1.82, 2.24) is 14.9 Å². The molecule has 2 rings (SSSR count). The first kappa shape index (κ1) is 14.6. The molecule has 0 aliphatic carbocycles. The molecule has 4 nitrogen and oxygen atoms in total. The number of aromatic nitrogens is 2. The standard InChI is InChI=1S/C11H12N2OS.C2H7N/c1-2-15-14-11-6-4-3-5-10(11)13-8-7-12-9-13;1-3-2/h3-9H,2H2,1H3;3H,1-2H3. The summed E-state index contributed by atoms with van der Waals surface area (Å²) in [4.78, 5) is 4.02. The molecule has 0 spiro atoms. The minimum Gasteiger partial charge on any atom is -0.424 e. The molecule has 18 heavy (non-hydrogen) atoms. The minimum absolute atomic E-state index is 0.863. The lowest BCUT2D eigenvalue weighted by molar-refractivity contribution is 0.640. The molecule has 0 radical (unpaired) electrons. The number of nitrogens with one attached hydrogen (secondary N) is 1. The van der Waals surface area contributed by atoms with E-state index in [0.29, 0.717) is 0 Å². The zero-order chi connectivity index (χ0) is 13.2. The lowest BCUT2D eigenvalue weighted by Gasteiger charge is -2.09. The van der Waals surface area contributed by atoms with Gasteiger partial charge in [-0.1, -0.05) is 19.1 Å². The van der Waals surface area contributed by atoms with Gasteiger partial charge in [0.05, 0.1) is 24.1 Å². The van der Waals surface area contributed by atoms with E-state index in [1.54, 1.807) is 12.5 Å². The number of hydrogen-bond acceptors (Lipinski definition) is 4. The van der Waals surface area contributed by atoms with Crippen molar-refractivity contribution in [2.24, 2.45) is 0 Å². The van der Waals surface area contributed by atoms with Crippen LogP contribution < -0.4 is 9.50 Å². The third kappa shape index (κ3) is 4.43. The van der Waals surface area contributed by atoms with E-state index < -0.39 is 0 Å². The average Bonchev–Trinajstić information content (AvgIpc) is 2.91. The summed E-state index contributed by atoms with van der Waals surface area (Å²) in [5, 5.41) is 2.75. The number of rotatable bonds is 4. The van der Waals surface area contributed by atoms with Crippen LogP contribution in [0.1, 0.15) is 6.92 Å². The van der Waals surface area contributed by atoms with Crippen molar-refractivity contribution in [2.45, 2.75) is 6.92 Å². The first-order valence-corrected chi connectivity index (χ1v) is 6.69. The van der Waals surface area contributed by atoms with E-state index in [0.717, 1.165) is 17.2 Å². The van der Waals surface area contributed by atoms with Gasteiger partial charge in [0.15, 0.2) is 5.75 Å². The SMILES string of the molecule is CCSOc1ccccc1-n1ccnc1.CNC. The molecule has 0 unspecified atom stereocenters. The highest BCUT2D eigenvalue weighted by molar-refractivity contribution is 7.94. The van der Waals surface area contributed by atoms with E-state index >= 15 is 0 Å². The molecular formula is C13H19N3OS. The van der Waals surface area contributed by atoms with Gasteiger partial charge in [-0.05, 0) is 26.2 Å². The Kier molecular flexibility index (Phi) is 6.98. The van der Waals surface area contributed by atoms with Gasteiger partial charge in [-0.3, -0.25) is 0 Å². The van der Waals surface area contributed by atoms with Crippen LogP contribution >= 0.6 is 12.0 Å². The van der Waals surface area contributed by atoms with Gasteiger partial charge in [0.2, 0.25) is 0 Å². The third-order valence-corrected chi connectivity index (χ3v) is 2.45. The van der Waals surface area contributed by atoms with Crippen LogP contribution in [0.2, 0.25) is 0 Å². The summed E-state index contributed by atoms with van der Waals surface area (Å²) in [6, 6.07) is 7.91. The molecular weight excluding hydrogens is 246 g/mol. The van der Waals surface area contributed by atoms with Crippen LogP contribution in [0.3, 0.4) is 0 Å². The molecule has 0 saturated heterocycles. The predicted molar refractivity (Wildman–Crippen MR) is 77.3 cm³/mol.